The smallest absolute Gasteiger partial charge is 0.349 e. The highest BCUT2D eigenvalue weighted by Crippen LogP contribution is 2.33. The van der Waals surface area contributed by atoms with E-state index in [9.17, 15) is 10.1 Å². The summed E-state index contributed by atoms with van der Waals surface area (Å²) in [6.07, 6.45) is 2.73. The number of hydrogen-bond donors (Lipinski definition) is 0. The molecule has 0 atom stereocenters. The van der Waals surface area contributed by atoms with Gasteiger partial charge < -0.3 is 4.74 Å². The predicted octanol–water partition coefficient (Wildman–Crippen LogP) is 2.86. The molecule has 0 saturated carbocycles. The molecule has 1 aliphatic carbocycles. The lowest BCUT2D eigenvalue weighted by Crippen LogP contribution is -2.11. The average molecular weight is 241 g/mol. The van der Waals surface area contributed by atoms with Gasteiger partial charge >= 0.3 is 5.97 Å². The number of carbonyl (C=O) groups is 1. The van der Waals surface area contributed by atoms with E-state index in [2.05, 4.69) is 6.07 Å². The molecule has 0 heterocycles. The van der Waals surface area contributed by atoms with E-state index in [1.54, 1.807) is 6.92 Å². The molecule has 2 rings (SSSR count). The van der Waals surface area contributed by atoms with Gasteiger partial charge in [-0.1, -0.05) is 24.3 Å². The van der Waals surface area contributed by atoms with Crippen LogP contribution in [0.25, 0.3) is 5.57 Å². The van der Waals surface area contributed by atoms with E-state index in [1.165, 1.54) is 5.56 Å². The summed E-state index contributed by atoms with van der Waals surface area (Å²) >= 11 is 0. The van der Waals surface area contributed by atoms with E-state index in [0.717, 1.165) is 30.4 Å². The minimum atomic E-state index is -0.508. The number of carbonyl (C=O) groups excluding carboxylic acids is 1. The summed E-state index contributed by atoms with van der Waals surface area (Å²) in [7, 11) is 0. The molecule has 92 valence electrons. The highest BCUT2D eigenvalue weighted by Gasteiger charge is 2.22. The van der Waals surface area contributed by atoms with Gasteiger partial charge in [0.25, 0.3) is 0 Å². The van der Waals surface area contributed by atoms with Gasteiger partial charge in [-0.15, -0.1) is 0 Å². The molecular formula is C15H15NO2. The molecule has 0 aliphatic heterocycles. The molecule has 0 unspecified atom stereocenters. The van der Waals surface area contributed by atoms with Gasteiger partial charge in [0.05, 0.1) is 6.61 Å². The summed E-state index contributed by atoms with van der Waals surface area (Å²) in [5, 5.41) is 9.19. The Morgan fingerprint density at radius 2 is 2.17 bits per heavy atom. The van der Waals surface area contributed by atoms with Crippen LogP contribution in [0.3, 0.4) is 0 Å². The van der Waals surface area contributed by atoms with E-state index in [1.807, 2.05) is 24.3 Å². The van der Waals surface area contributed by atoms with Crippen molar-refractivity contribution in [2.45, 2.75) is 26.2 Å². The van der Waals surface area contributed by atoms with Crippen LogP contribution in [-0.2, 0) is 16.0 Å². The quantitative estimate of drug-likeness (QED) is 0.454. The van der Waals surface area contributed by atoms with Crippen LogP contribution in [0, 0.1) is 11.3 Å². The minimum Gasteiger partial charge on any atom is -0.462 e. The van der Waals surface area contributed by atoms with Gasteiger partial charge in [0, 0.05) is 0 Å². The molecule has 0 bridgehead atoms. The standard InChI is InChI=1S/C15H15NO2/c1-2-18-15(17)14(10-16)13-9-5-7-11-6-3-4-8-12(11)13/h3-4,6,8H,2,5,7,9H2,1H3/b14-13-. The highest BCUT2D eigenvalue weighted by molar-refractivity contribution is 6.02. The monoisotopic (exact) mass is 241 g/mol. The summed E-state index contributed by atoms with van der Waals surface area (Å²) in [5.41, 5.74) is 3.21. The van der Waals surface area contributed by atoms with E-state index >= 15 is 0 Å². The van der Waals surface area contributed by atoms with E-state index in [0.29, 0.717) is 6.61 Å². The molecule has 1 aromatic rings. The Labute approximate surface area is 107 Å². The Bertz CT molecular complexity index is 538. The minimum absolute atomic E-state index is 0.156. The van der Waals surface area contributed by atoms with E-state index in [4.69, 9.17) is 4.74 Å². The van der Waals surface area contributed by atoms with Crippen molar-refractivity contribution in [2.24, 2.45) is 0 Å². The number of ether oxygens (including phenoxy) is 1. The number of hydrogen-bond acceptors (Lipinski definition) is 3. The van der Waals surface area contributed by atoms with Gasteiger partial charge in [-0.05, 0) is 42.9 Å². The van der Waals surface area contributed by atoms with Crippen LogP contribution in [0.2, 0.25) is 0 Å². The van der Waals surface area contributed by atoms with Crippen LogP contribution in [0.4, 0.5) is 0 Å². The largest absolute Gasteiger partial charge is 0.462 e. The third-order valence-corrected chi connectivity index (χ3v) is 3.11. The van der Waals surface area contributed by atoms with Crippen molar-refractivity contribution in [1.82, 2.24) is 0 Å². The number of rotatable bonds is 2. The second kappa shape index (κ2) is 5.50. The summed E-state index contributed by atoms with van der Waals surface area (Å²) in [6, 6.07) is 9.94. The lowest BCUT2D eigenvalue weighted by molar-refractivity contribution is -0.137. The Morgan fingerprint density at radius 3 is 2.89 bits per heavy atom. The van der Waals surface area contributed by atoms with Crippen LogP contribution in [0.15, 0.2) is 29.8 Å². The summed E-state index contributed by atoms with van der Waals surface area (Å²) in [4.78, 5) is 11.8. The van der Waals surface area contributed by atoms with Gasteiger partial charge in [0.1, 0.15) is 11.6 Å². The predicted molar refractivity (Wildman–Crippen MR) is 68.5 cm³/mol. The number of aryl methyl sites for hydroxylation is 1. The lowest BCUT2D eigenvalue weighted by atomic mass is 9.85. The number of benzene rings is 1. The molecule has 1 aromatic carbocycles. The van der Waals surface area contributed by atoms with Crippen molar-refractivity contribution in [3.05, 3.63) is 41.0 Å². The molecule has 0 fully saturated rings. The van der Waals surface area contributed by atoms with Crippen LogP contribution in [0.5, 0.6) is 0 Å². The summed E-state index contributed by atoms with van der Waals surface area (Å²) in [6.45, 7) is 2.03. The molecule has 1 aliphatic rings. The van der Waals surface area contributed by atoms with Crippen molar-refractivity contribution in [3.63, 3.8) is 0 Å². The van der Waals surface area contributed by atoms with Gasteiger partial charge in [0.15, 0.2) is 0 Å². The van der Waals surface area contributed by atoms with Crippen LogP contribution >= 0.6 is 0 Å². The lowest BCUT2D eigenvalue weighted by Gasteiger charge is -2.19. The van der Waals surface area contributed by atoms with Crippen molar-refractivity contribution in [2.75, 3.05) is 6.61 Å². The number of allylic oxidation sites excluding steroid dienone is 1. The fourth-order valence-electron chi connectivity index (χ4n) is 2.32. The Hall–Kier alpha value is -2.08. The van der Waals surface area contributed by atoms with E-state index in [-0.39, 0.29) is 5.57 Å². The molecule has 3 heteroatoms. The molecule has 0 radical (unpaired) electrons. The van der Waals surface area contributed by atoms with Crippen molar-refractivity contribution in [1.29, 1.82) is 5.26 Å². The Morgan fingerprint density at radius 1 is 1.39 bits per heavy atom. The number of fused-ring (bicyclic) bond motifs is 1. The van der Waals surface area contributed by atoms with Gasteiger partial charge in [-0.2, -0.15) is 5.26 Å². The Balaban J connectivity index is 2.50. The molecule has 0 saturated heterocycles. The van der Waals surface area contributed by atoms with Gasteiger partial charge in [-0.25, -0.2) is 4.79 Å². The first kappa shape index (κ1) is 12.4. The van der Waals surface area contributed by atoms with Crippen LogP contribution in [0.1, 0.15) is 30.9 Å². The zero-order valence-corrected chi connectivity index (χ0v) is 10.4. The molecule has 0 N–H and O–H groups in total. The van der Waals surface area contributed by atoms with Crippen molar-refractivity contribution in [3.8, 4) is 6.07 Å². The average Bonchev–Trinajstić information content (AvgIpc) is 2.40. The maximum absolute atomic E-state index is 11.8. The number of nitrogens with zero attached hydrogens (tertiary/aromatic N) is 1. The second-order valence-corrected chi connectivity index (χ2v) is 4.20. The SMILES string of the molecule is CCOC(=O)/C(C#N)=C1/CCCc2ccccc21. The van der Waals surface area contributed by atoms with E-state index < -0.39 is 5.97 Å². The van der Waals surface area contributed by atoms with Crippen LogP contribution in [-0.4, -0.2) is 12.6 Å². The third-order valence-electron chi connectivity index (χ3n) is 3.11. The highest BCUT2D eigenvalue weighted by atomic mass is 16.5. The molecule has 0 spiro atoms. The molecular weight excluding hydrogens is 226 g/mol. The zero-order valence-electron chi connectivity index (χ0n) is 10.4. The Kier molecular flexibility index (Phi) is 3.78. The number of nitriles is 1. The fourth-order valence-corrected chi connectivity index (χ4v) is 2.32. The molecule has 3 nitrogen and oxygen atoms in total. The zero-order chi connectivity index (χ0) is 13.0. The summed E-state index contributed by atoms with van der Waals surface area (Å²) in [5.74, 6) is -0.508. The van der Waals surface area contributed by atoms with Gasteiger partial charge in [-0.3, -0.25) is 0 Å². The second-order valence-electron chi connectivity index (χ2n) is 4.20. The maximum atomic E-state index is 11.8. The third kappa shape index (κ3) is 2.28. The fraction of sp³-hybridized carbons (Fsp3) is 0.333. The molecule has 18 heavy (non-hydrogen) atoms. The first-order valence-corrected chi connectivity index (χ1v) is 6.16. The van der Waals surface area contributed by atoms with Crippen molar-refractivity contribution >= 4 is 11.5 Å². The molecule has 0 amide bonds. The topological polar surface area (TPSA) is 50.1 Å². The van der Waals surface area contributed by atoms with Crippen molar-refractivity contribution < 1.29 is 9.53 Å². The van der Waals surface area contributed by atoms with Gasteiger partial charge in [0.2, 0.25) is 0 Å². The number of esters is 1. The first-order valence-electron chi connectivity index (χ1n) is 6.16. The van der Waals surface area contributed by atoms with Crippen LogP contribution < -0.4 is 0 Å². The summed E-state index contributed by atoms with van der Waals surface area (Å²) < 4.78 is 4.94. The first-order chi connectivity index (χ1) is 8.77. The molecule has 0 aromatic heterocycles. The maximum Gasteiger partial charge on any atom is 0.349 e. The normalized spacial score (nSPS) is 16.4.